The highest BCUT2D eigenvalue weighted by molar-refractivity contribution is 7.15. The number of hydrogen-bond donors (Lipinski definition) is 1. The lowest BCUT2D eigenvalue weighted by Gasteiger charge is -2.15. The zero-order valence-corrected chi connectivity index (χ0v) is 22.4. The van der Waals surface area contributed by atoms with Crippen LogP contribution in [0.5, 0.6) is 0 Å². The van der Waals surface area contributed by atoms with Crippen molar-refractivity contribution in [2.75, 3.05) is 7.05 Å². The highest BCUT2D eigenvalue weighted by atomic mass is 32.1. The van der Waals surface area contributed by atoms with Crippen LogP contribution in [0.4, 0.5) is 0 Å². The minimum atomic E-state index is -0.914. The highest BCUT2D eigenvalue weighted by Gasteiger charge is 2.16. The van der Waals surface area contributed by atoms with E-state index in [0.29, 0.717) is 18.0 Å². The van der Waals surface area contributed by atoms with Crippen LogP contribution in [0.15, 0.2) is 79.0 Å². The molecular formula is C31H31N3O2S. The number of carboxylic acids is 1. The molecular weight excluding hydrogens is 478 g/mol. The summed E-state index contributed by atoms with van der Waals surface area (Å²) in [5.74, 6) is -0.404. The first kappa shape index (κ1) is 24.9. The van der Waals surface area contributed by atoms with E-state index in [0.717, 1.165) is 45.0 Å². The number of aromatic nitrogens is 2. The molecule has 0 saturated carbocycles. The van der Waals surface area contributed by atoms with Crippen molar-refractivity contribution >= 4 is 28.2 Å². The summed E-state index contributed by atoms with van der Waals surface area (Å²) in [6.45, 7) is 7.94. The molecule has 1 N–H and O–H groups in total. The van der Waals surface area contributed by atoms with E-state index >= 15 is 0 Å². The Kier molecular flexibility index (Phi) is 6.96. The van der Waals surface area contributed by atoms with E-state index < -0.39 is 5.97 Å². The molecule has 0 bridgehead atoms. The van der Waals surface area contributed by atoms with Crippen LogP contribution in [0.2, 0.25) is 0 Å². The van der Waals surface area contributed by atoms with Gasteiger partial charge in [-0.25, -0.2) is 9.78 Å². The molecule has 0 saturated heterocycles. The maximum Gasteiger partial charge on any atom is 0.335 e. The Morgan fingerprint density at radius 3 is 2.43 bits per heavy atom. The predicted molar refractivity (Wildman–Crippen MR) is 152 cm³/mol. The zero-order chi connectivity index (χ0) is 26.1. The average molecular weight is 510 g/mol. The number of para-hydroxylation sites is 1. The molecule has 5 rings (SSSR count). The first-order valence-electron chi connectivity index (χ1n) is 12.5. The maximum absolute atomic E-state index is 11.7. The molecule has 0 aliphatic heterocycles. The molecule has 5 nitrogen and oxygen atoms in total. The summed E-state index contributed by atoms with van der Waals surface area (Å²) in [5.41, 5.74) is 6.98. The van der Waals surface area contributed by atoms with Crippen molar-refractivity contribution in [3.63, 3.8) is 0 Å². The molecule has 0 aliphatic carbocycles. The van der Waals surface area contributed by atoms with Gasteiger partial charge in [0.05, 0.1) is 16.8 Å². The summed E-state index contributed by atoms with van der Waals surface area (Å²) in [5, 5.41) is 11.6. The summed E-state index contributed by atoms with van der Waals surface area (Å²) in [6, 6.07) is 24.2. The summed E-state index contributed by atoms with van der Waals surface area (Å²) in [4.78, 5) is 20.1. The monoisotopic (exact) mass is 509 g/mol. The third kappa shape index (κ3) is 5.22. The van der Waals surface area contributed by atoms with E-state index in [1.165, 1.54) is 10.4 Å². The van der Waals surface area contributed by atoms with Crippen LogP contribution < -0.4 is 0 Å². The molecule has 2 aromatic heterocycles. The number of rotatable bonds is 8. The maximum atomic E-state index is 11.7. The number of carbonyl (C=O) groups is 1. The van der Waals surface area contributed by atoms with Crippen molar-refractivity contribution in [2.24, 2.45) is 0 Å². The van der Waals surface area contributed by atoms with E-state index in [4.69, 9.17) is 4.98 Å². The summed E-state index contributed by atoms with van der Waals surface area (Å²) < 4.78 is 2.14. The molecule has 0 radical (unpaired) electrons. The Labute approximate surface area is 221 Å². The Morgan fingerprint density at radius 2 is 1.76 bits per heavy atom. The lowest BCUT2D eigenvalue weighted by molar-refractivity contribution is 0.0697. The molecule has 0 spiro atoms. The van der Waals surface area contributed by atoms with Gasteiger partial charge in [0.15, 0.2) is 0 Å². The van der Waals surface area contributed by atoms with Crippen LogP contribution in [-0.2, 0) is 13.1 Å². The third-order valence-electron chi connectivity index (χ3n) is 6.74. The van der Waals surface area contributed by atoms with Gasteiger partial charge in [-0.1, -0.05) is 56.3 Å². The van der Waals surface area contributed by atoms with Gasteiger partial charge in [-0.3, -0.25) is 4.90 Å². The first-order valence-corrected chi connectivity index (χ1v) is 13.3. The molecule has 0 aliphatic rings. The van der Waals surface area contributed by atoms with Gasteiger partial charge in [-0.05, 0) is 61.3 Å². The average Bonchev–Trinajstić information content (AvgIpc) is 3.44. The minimum Gasteiger partial charge on any atom is -0.478 e. The van der Waals surface area contributed by atoms with Gasteiger partial charge in [0.2, 0.25) is 0 Å². The Bertz CT molecular complexity index is 1550. The second kappa shape index (κ2) is 10.3. The molecule has 0 fully saturated rings. The smallest absolute Gasteiger partial charge is 0.335 e. The Balaban J connectivity index is 1.42. The SMILES string of the molecule is Cc1nc(-c2ccc(C(C)C)cc2)sc1CN(C)Cc1cn(-c2ccccc2)c2ccc(C(=O)O)cc12. The molecule has 0 atom stereocenters. The van der Waals surface area contributed by atoms with E-state index in [1.54, 1.807) is 23.5 Å². The fraction of sp³-hybridized carbons (Fsp3) is 0.226. The molecule has 2 heterocycles. The van der Waals surface area contributed by atoms with Gasteiger partial charge < -0.3 is 9.67 Å². The Hall–Kier alpha value is -3.74. The number of carboxylic acid groups (broad SMARTS) is 1. The number of thiazole rings is 1. The number of nitrogens with zero attached hydrogens (tertiary/aromatic N) is 3. The molecule has 3 aromatic carbocycles. The van der Waals surface area contributed by atoms with Crippen LogP contribution in [0.25, 0.3) is 27.2 Å². The quantitative estimate of drug-likeness (QED) is 0.235. The topological polar surface area (TPSA) is 58.4 Å². The van der Waals surface area contributed by atoms with E-state index in [2.05, 4.69) is 79.9 Å². The zero-order valence-electron chi connectivity index (χ0n) is 21.6. The number of aromatic carboxylic acids is 1. The van der Waals surface area contributed by atoms with Crippen molar-refractivity contribution in [2.45, 2.75) is 39.8 Å². The van der Waals surface area contributed by atoms with E-state index in [-0.39, 0.29) is 0 Å². The normalized spacial score (nSPS) is 11.6. The number of aryl methyl sites for hydroxylation is 1. The van der Waals surface area contributed by atoms with Crippen LogP contribution in [0, 0.1) is 6.92 Å². The Morgan fingerprint density at radius 1 is 1.03 bits per heavy atom. The van der Waals surface area contributed by atoms with Crippen molar-refractivity contribution in [1.29, 1.82) is 0 Å². The third-order valence-corrected chi connectivity index (χ3v) is 7.93. The molecule has 0 unspecified atom stereocenters. The largest absolute Gasteiger partial charge is 0.478 e. The van der Waals surface area contributed by atoms with Gasteiger partial charge in [0.25, 0.3) is 0 Å². The molecule has 188 valence electrons. The summed E-state index contributed by atoms with van der Waals surface area (Å²) >= 11 is 1.74. The summed E-state index contributed by atoms with van der Waals surface area (Å²) in [6.07, 6.45) is 2.13. The number of fused-ring (bicyclic) bond motifs is 1. The number of hydrogen-bond acceptors (Lipinski definition) is 4. The molecule has 0 amide bonds. The van der Waals surface area contributed by atoms with E-state index in [1.807, 2.05) is 24.3 Å². The van der Waals surface area contributed by atoms with Gasteiger partial charge in [-0.15, -0.1) is 11.3 Å². The van der Waals surface area contributed by atoms with Crippen LogP contribution in [0.1, 0.15) is 51.8 Å². The van der Waals surface area contributed by atoms with Crippen LogP contribution in [-0.4, -0.2) is 32.6 Å². The minimum absolute atomic E-state index is 0.300. The van der Waals surface area contributed by atoms with Crippen LogP contribution >= 0.6 is 11.3 Å². The lowest BCUT2D eigenvalue weighted by atomic mass is 10.0. The fourth-order valence-corrected chi connectivity index (χ4v) is 5.81. The second-order valence-electron chi connectivity index (χ2n) is 9.87. The van der Waals surface area contributed by atoms with Crippen molar-refractivity contribution in [3.05, 3.63) is 106 Å². The fourth-order valence-electron chi connectivity index (χ4n) is 4.66. The molecule has 5 aromatic rings. The van der Waals surface area contributed by atoms with E-state index in [9.17, 15) is 9.90 Å². The lowest BCUT2D eigenvalue weighted by Crippen LogP contribution is -2.17. The van der Waals surface area contributed by atoms with Gasteiger partial charge in [0.1, 0.15) is 5.01 Å². The van der Waals surface area contributed by atoms with Gasteiger partial charge >= 0.3 is 5.97 Å². The predicted octanol–water partition coefficient (Wildman–Crippen LogP) is 7.52. The highest BCUT2D eigenvalue weighted by Crippen LogP contribution is 2.31. The van der Waals surface area contributed by atoms with Gasteiger partial charge in [-0.2, -0.15) is 0 Å². The van der Waals surface area contributed by atoms with Crippen LogP contribution in [0.3, 0.4) is 0 Å². The van der Waals surface area contributed by atoms with Crippen molar-refractivity contribution < 1.29 is 9.90 Å². The number of benzene rings is 3. The standard InChI is InChI=1S/C31H31N3O2S/c1-20(2)22-10-12-23(13-11-22)30-32-21(3)29(37-30)19-33(4)17-25-18-34(26-8-6-5-7-9-26)28-15-14-24(31(35)36)16-27(25)28/h5-16,18,20H,17,19H2,1-4H3,(H,35,36). The van der Waals surface area contributed by atoms with Crippen molar-refractivity contribution in [1.82, 2.24) is 14.5 Å². The summed E-state index contributed by atoms with van der Waals surface area (Å²) in [7, 11) is 2.10. The van der Waals surface area contributed by atoms with Crippen molar-refractivity contribution in [3.8, 4) is 16.3 Å². The van der Waals surface area contributed by atoms with Gasteiger partial charge in [0, 0.05) is 40.8 Å². The first-order chi connectivity index (χ1) is 17.8. The molecule has 6 heteroatoms. The molecule has 37 heavy (non-hydrogen) atoms. The second-order valence-corrected chi connectivity index (χ2v) is 11.0.